The highest BCUT2D eigenvalue weighted by Crippen LogP contribution is 2.23. The summed E-state index contributed by atoms with van der Waals surface area (Å²) in [5.41, 5.74) is 0. The van der Waals surface area contributed by atoms with Gasteiger partial charge in [-0.2, -0.15) is 0 Å². The van der Waals surface area contributed by atoms with E-state index >= 15 is 0 Å². The van der Waals surface area contributed by atoms with E-state index in [2.05, 4.69) is 34.8 Å². The van der Waals surface area contributed by atoms with Crippen molar-refractivity contribution in [2.75, 3.05) is 20.1 Å². The van der Waals surface area contributed by atoms with E-state index in [1.54, 1.807) is 0 Å². The van der Waals surface area contributed by atoms with Crippen molar-refractivity contribution < 1.29 is 4.79 Å². The topological polar surface area (TPSA) is 20.3 Å². The Balaban J connectivity index is 2.44. The molecule has 0 aromatic heterocycles. The average Bonchev–Trinajstić information content (AvgIpc) is 2.31. The third-order valence-corrected chi connectivity index (χ3v) is 3.94. The van der Waals surface area contributed by atoms with Crippen molar-refractivity contribution in [2.45, 2.75) is 43.9 Å². The lowest BCUT2D eigenvalue weighted by molar-refractivity contribution is -0.122. The van der Waals surface area contributed by atoms with Gasteiger partial charge in [0, 0.05) is 12.5 Å². The largest absolute Gasteiger partial charge is 0.305 e. The molecule has 0 aliphatic carbocycles. The van der Waals surface area contributed by atoms with Crippen molar-refractivity contribution in [3.8, 4) is 0 Å². The number of halogens is 1. The second-order valence-electron chi connectivity index (χ2n) is 4.61. The molecule has 0 aromatic carbocycles. The van der Waals surface area contributed by atoms with Gasteiger partial charge in [0.05, 0.1) is 4.83 Å². The second kappa shape index (κ2) is 6.64. The van der Waals surface area contributed by atoms with Crippen molar-refractivity contribution in [3.05, 3.63) is 0 Å². The number of likely N-dealkylation sites (tertiary alicyclic amines) is 1. The lowest BCUT2D eigenvalue weighted by Crippen LogP contribution is -2.28. The molecule has 2 nitrogen and oxygen atoms in total. The summed E-state index contributed by atoms with van der Waals surface area (Å²) >= 11 is 3.50. The lowest BCUT2D eigenvalue weighted by Gasteiger charge is -2.14. The molecule has 0 amide bonds. The molecule has 1 heterocycles. The number of carbonyl (C=O) groups is 1. The Morgan fingerprint density at radius 3 is 2.87 bits per heavy atom. The lowest BCUT2D eigenvalue weighted by atomic mass is 9.93. The summed E-state index contributed by atoms with van der Waals surface area (Å²) in [7, 11) is 2.09. The van der Waals surface area contributed by atoms with E-state index in [0.29, 0.717) is 11.7 Å². The molecule has 1 aliphatic heterocycles. The summed E-state index contributed by atoms with van der Waals surface area (Å²) in [6.45, 7) is 4.13. The Bertz CT molecular complexity index is 208. The molecule has 3 heteroatoms. The molecule has 15 heavy (non-hydrogen) atoms. The number of alkyl halides is 1. The highest BCUT2D eigenvalue weighted by atomic mass is 79.9. The average molecular weight is 276 g/mol. The van der Waals surface area contributed by atoms with Crippen molar-refractivity contribution in [2.24, 2.45) is 5.92 Å². The third-order valence-electron chi connectivity index (χ3n) is 3.20. The fourth-order valence-corrected chi connectivity index (χ4v) is 3.02. The van der Waals surface area contributed by atoms with Crippen LogP contribution in [0, 0.1) is 5.92 Å². The summed E-state index contributed by atoms with van der Waals surface area (Å²) in [4.78, 5) is 14.3. The number of ketones is 1. The van der Waals surface area contributed by atoms with Crippen LogP contribution >= 0.6 is 15.9 Å². The highest BCUT2D eigenvalue weighted by molar-refractivity contribution is 9.10. The maximum absolute atomic E-state index is 12.0. The first-order chi connectivity index (χ1) is 7.15. The van der Waals surface area contributed by atoms with E-state index in [4.69, 9.17) is 0 Å². The zero-order valence-corrected chi connectivity index (χ0v) is 11.4. The van der Waals surface area contributed by atoms with Crippen molar-refractivity contribution in [3.63, 3.8) is 0 Å². The quantitative estimate of drug-likeness (QED) is 0.581. The number of nitrogens with zero attached hydrogens (tertiary/aromatic N) is 1. The molecular formula is C12H22BrNO. The molecule has 0 aromatic rings. The summed E-state index contributed by atoms with van der Waals surface area (Å²) in [5.74, 6) is 0.723. The number of hydrogen-bond acceptors (Lipinski definition) is 2. The second-order valence-corrected chi connectivity index (χ2v) is 5.72. The Morgan fingerprint density at radius 2 is 2.20 bits per heavy atom. The molecule has 2 atom stereocenters. The van der Waals surface area contributed by atoms with E-state index in [-0.39, 0.29) is 4.83 Å². The Hall–Kier alpha value is 0.110. The normalized spacial score (nSPS) is 29.1. The molecule has 0 N–H and O–H groups in total. The number of rotatable bonds is 4. The summed E-state index contributed by atoms with van der Waals surface area (Å²) < 4.78 is 0. The van der Waals surface area contributed by atoms with Crippen LogP contribution in [0.1, 0.15) is 39.0 Å². The summed E-state index contributed by atoms with van der Waals surface area (Å²) in [6, 6.07) is 0. The number of hydrogen-bond donors (Lipinski definition) is 0. The third kappa shape index (κ3) is 4.23. The van der Waals surface area contributed by atoms with Gasteiger partial charge >= 0.3 is 0 Å². The first-order valence-electron chi connectivity index (χ1n) is 6.01. The van der Waals surface area contributed by atoms with Crippen LogP contribution in [-0.4, -0.2) is 35.6 Å². The molecular weight excluding hydrogens is 254 g/mol. The predicted octanol–water partition coefficient (Wildman–Crippen LogP) is 2.85. The molecule has 1 aliphatic rings. The Morgan fingerprint density at radius 1 is 1.47 bits per heavy atom. The van der Waals surface area contributed by atoms with Gasteiger partial charge in [0.15, 0.2) is 5.78 Å². The van der Waals surface area contributed by atoms with Gasteiger partial charge in [0.2, 0.25) is 0 Å². The number of unbranched alkanes of at least 4 members (excludes halogenated alkanes) is 2. The summed E-state index contributed by atoms with van der Waals surface area (Å²) in [6.07, 6.45) is 5.82. The fraction of sp³-hybridized carbons (Fsp3) is 0.917. The van der Waals surface area contributed by atoms with E-state index in [0.717, 1.165) is 25.9 Å². The fourth-order valence-electron chi connectivity index (χ4n) is 2.16. The van der Waals surface area contributed by atoms with Gasteiger partial charge in [-0.3, -0.25) is 4.79 Å². The first-order valence-corrected chi connectivity index (χ1v) is 6.93. The van der Waals surface area contributed by atoms with E-state index in [9.17, 15) is 4.79 Å². The van der Waals surface area contributed by atoms with Gasteiger partial charge in [-0.05, 0) is 26.4 Å². The van der Waals surface area contributed by atoms with Crippen LogP contribution in [0.4, 0.5) is 0 Å². The molecule has 2 unspecified atom stereocenters. The molecule has 0 bridgehead atoms. The minimum absolute atomic E-state index is 0.0524. The van der Waals surface area contributed by atoms with Crippen molar-refractivity contribution in [1.82, 2.24) is 4.90 Å². The van der Waals surface area contributed by atoms with Gasteiger partial charge < -0.3 is 4.90 Å². The molecule has 1 fully saturated rings. The summed E-state index contributed by atoms with van der Waals surface area (Å²) in [5, 5.41) is 0. The minimum Gasteiger partial charge on any atom is -0.305 e. The molecule has 0 spiro atoms. The van der Waals surface area contributed by atoms with Gasteiger partial charge in [0.1, 0.15) is 0 Å². The maximum atomic E-state index is 12.0. The predicted molar refractivity (Wildman–Crippen MR) is 67.5 cm³/mol. The van der Waals surface area contributed by atoms with Crippen LogP contribution in [0.15, 0.2) is 0 Å². The van der Waals surface area contributed by atoms with Gasteiger partial charge in [0.25, 0.3) is 0 Å². The van der Waals surface area contributed by atoms with E-state index in [1.165, 1.54) is 19.3 Å². The number of Topliss-reactive ketones (excluding diaryl/α,β-unsaturated/α-hetero) is 1. The van der Waals surface area contributed by atoms with E-state index < -0.39 is 0 Å². The molecule has 0 radical (unpaired) electrons. The monoisotopic (exact) mass is 275 g/mol. The zero-order valence-electron chi connectivity index (χ0n) is 9.84. The smallest absolute Gasteiger partial charge is 0.150 e. The minimum atomic E-state index is 0.0524. The Kier molecular flexibility index (Phi) is 5.83. The van der Waals surface area contributed by atoms with Crippen LogP contribution in [0.25, 0.3) is 0 Å². The van der Waals surface area contributed by atoms with Crippen molar-refractivity contribution >= 4 is 21.7 Å². The maximum Gasteiger partial charge on any atom is 0.150 e. The van der Waals surface area contributed by atoms with Crippen molar-refractivity contribution in [1.29, 1.82) is 0 Å². The highest BCUT2D eigenvalue weighted by Gasteiger charge is 2.28. The van der Waals surface area contributed by atoms with Crippen LogP contribution < -0.4 is 0 Å². The first kappa shape index (κ1) is 13.2. The van der Waals surface area contributed by atoms with Crippen LogP contribution in [-0.2, 0) is 4.79 Å². The van der Waals surface area contributed by atoms with Crippen LogP contribution in [0.5, 0.6) is 0 Å². The Labute approximate surface area is 102 Å². The van der Waals surface area contributed by atoms with E-state index in [1.807, 2.05) is 0 Å². The SMILES string of the molecule is CCCCCC1CCN(C)CC(Br)C1=O. The number of carbonyl (C=O) groups excluding carboxylic acids is 1. The zero-order chi connectivity index (χ0) is 11.3. The van der Waals surface area contributed by atoms with Crippen LogP contribution in [0.3, 0.4) is 0 Å². The van der Waals surface area contributed by atoms with Gasteiger partial charge in [-0.15, -0.1) is 0 Å². The molecule has 1 rings (SSSR count). The standard InChI is InChI=1S/C12H22BrNO/c1-3-4-5-6-10-7-8-14(2)9-11(13)12(10)15/h10-11H,3-9H2,1-2H3. The van der Waals surface area contributed by atoms with Gasteiger partial charge in [-0.25, -0.2) is 0 Å². The van der Waals surface area contributed by atoms with Gasteiger partial charge in [-0.1, -0.05) is 42.1 Å². The molecule has 0 saturated carbocycles. The van der Waals surface area contributed by atoms with Crippen LogP contribution in [0.2, 0.25) is 0 Å². The molecule has 1 saturated heterocycles. The molecule has 88 valence electrons.